The van der Waals surface area contributed by atoms with Crippen LogP contribution in [0.1, 0.15) is 11.4 Å². The molecule has 1 aliphatic heterocycles. The molecule has 0 bridgehead atoms. The van der Waals surface area contributed by atoms with Gasteiger partial charge in [-0.25, -0.2) is 23.8 Å². The van der Waals surface area contributed by atoms with E-state index in [2.05, 4.69) is 33.7 Å². The van der Waals surface area contributed by atoms with E-state index in [1.807, 2.05) is 47.0 Å². The summed E-state index contributed by atoms with van der Waals surface area (Å²) in [6.45, 7) is 3.53. The van der Waals surface area contributed by atoms with Gasteiger partial charge in [0.15, 0.2) is 17.3 Å². The maximum Gasteiger partial charge on any atom is 0.232 e. The first kappa shape index (κ1) is 34.6. The lowest BCUT2D eigenvalue weighted by atomic mass is 10.2. The molecule has 0 saturated carbocycles. The second kappa shape index (κ2) is 14.4. The molecule has 51 heavy (non-hydrogen) atoms. The topological polar surface area (TPSA) is 113 Å². The van der Waals surface area contributed by atoms with Crippen LogP contribution in [0.4, 0.5) is 20.7 Å². The monoisotopic (exact) mass is 720 g/mol. The fourth-order valence-corrected chi connectivity index (χ4v) is 6.57. The van der Waals surface area contributed by atoms with Crippen molar-refractivity contribution in [2.24, 2.45) is 7.05 Å². The number of methoxy groups -OCH3 is 1. The average Bonchev–Trinajstić information content (AvgIpc) is 3.84. The molecule has 0 unspecified atom stereocenters. The lowest BCUT2D eigenvalue weighted by molar-refractivity contribution is 0.0903. The Morgan fingerprint density at radius 1 is 0.941 bits per heavy atom. The molecule has 13 nitrogen and oxygen atoms in total. The summed E-state index contributed by atoms with van der Waals surface area (Å²) in [6, 6.07) is 10.4. The zero-order valence-electron chi connectivity index (χ0n) is 29.4. The van der Waals surface area contributed by atoms with Gasteiger partial charge >= 0.3 is 0 Å². The Labute approximate surface area is 296 Å². The van der Waals surface area contributed by atoms with Crippen molar-refractivity contribution < 1.29 is 23.0 Å². The molecule has 16 heteroatoms. The van der Waals surface area contributed by atoms with Crippen molar-refractivity contribution in [2.75, 3.05) is 74.3 Å². The molecular weight excluding hydrogens is 679 g/mol. The van der Waals surface area contributed by atoms with Gasteiger partial charge < -0.3 is 28.6 Å². The average molecular weight is 721 g/mol. The minimum absolute atomic E-state index is 0.0563. The smallest absolute Gasteiger partial charge is 0.232 e. The molecule has 0 amide bonds. The van der Waals surface area contributed by atoms with Crippen molar-refractivity contribution in [1.29, 1.82) is 0 Å². The zero-order chi connectivity index (χ0) is 35.7. The van der Waals surface area contributed by atoms with Crippen LogP contribution < -0.4 is 14.5 Å². The largest absolute Gasteiger partial charge is 0.497 e. The zero-order valence-corrected chi connectivity index (χ0v) is 30.2. The van der Waals surface area contributed by atoms with Crippen LogP contribution in [0.25, 0.3) is 27.8 Å². The molecule has 6 aromatic rings. The SMILES string of the molecule is COc1ccc(CN(Cc2nc3c(F)c(F)ccc3n2COCCS(C)(C)C)c2nc(N3CCOCC3)nc3c(-c4cnn(C)c4)cnn23)cc1. The highest BCUT2D eigenvalue weighted by Gasteiger charge is 2.26. The van der Waals surface area contributed by atoms with Crippen LogP contribution >= 0.6 is 10.0 Å². The molecule has 270 valence electrons. The summed E-state index contributed by atoms with van der Waals surface area (Å²) in [5.74, 6) is 1.18. The standard InChI is InChI=1S/C35H42F2N10O3S/c1-43-21-25(18-38-43)27-19-39-47-33(27)41-34(44-12-14-49-15-13-44)42-35(47)45(20-24-6-8-26(48-2)9-7-24)22-30-40-32-29(11-10-28(36)31(32)37)46(30)23-50-16-17-51(3,4)5/h6-11,18-19,21H,12-17,20,22-23H2,1-5H3. The van der Waals surface area contributed by atoms with E-state index < -0.39 is 21.7 Å². The maximum absolute atomic E-state index is 15.3. The minimum atomic E-state index is -0.999. The number of imidazole rings is 1. The number of nitrogens with zero attached hydrogens (tertiary/aromatic N) is 10. The second-order valence-electron chi connectivity index (χ2n) is 13.3. The van der Waals surface area contributed by atoms with Crippen LogP contribution in [0.15, 0.2) is 55.0 Å². The van der Waals surface area contributed by atoms with E-state index in [-0.39, 0.29) is 18.8 Å². The van der Waals surface area contributed by atoms with E-state index in [0.29, 0.717) is 68.3 Å². The van der Waals surface area contributed by atoms with E-state index in [1.165, 1.54) is 0 Å². The van der Waals surface area contributed by atoms with Crippen molar-refractivity contribution in [3.63, 3.8) is 0 Å². The summed E-state index contributed by atoms with van der Waals surface area (Å²) >= 11 is 0. The minimum Gasteiger partial charge on any atom is -0.497 e. The summed E-state index contributed by atoms with van der Waals surface area (Å²) in [4.78, 5) is 18.9. The molecule has 1 saturated heterocycles. The molecule has 0 spiro atoms. The fraction of sp³-hybridized carbons (Fsp3) is 0.400. The van der Waals surface area contributed by atoms with Crippen molar-refractivity contribution in [1.82, 2.24) is 38.9 Å². The van der Waals surface area contributed by atoms with Gasteiger partial charge in [-0.2, -0.15) is 24.7 Å². The number of hydrogen-bond acceptors (Lipinski definition) is 10. The quantitative estimate of drug-likeness (QED) is 0.153. The predicted molar refractivity (Wildman–Crippen MR) is 195 cm³/mol. The van der Waals surface area contributed by atoms with Crippen molar-refractivity contribution in [2.45, 2.75) is 19.8 Å². The molecule has 1 fully saturated rings. The van der Waals surface area contributed by atoms with Crippen LogP contribution in [0.3, 0.4) is 0 Å². The number of halogens is 2. The first-order chi connectivity index (χ1) is 24.6. The third-order valence-corrected chi connectivity index (χ3v) is 10.1. The number of anilines is 2. The summed E-state index contributed by atoms with van der Waals surface area (Å²) in [7, 11) is 2.69. The number of hydrogen-bond donors (Lipinski definition) is 0. The molecule has 7 rings (SSSR count). The van der Waals surface area contributed by atoms with Gasteiger partial charge in [-0.3, -0.25) is 4.68 Å². The molecule has 1 aliphatic rings. The van der Waals surface area contributed by atoms with Gasteiger partial charge in [0.1, 0.15) is 23.8 Å². The lowest BCUT2D eigenvalue weighted by Gasteiger charge is -2.29. The molecule has 0 atom stereocenters. The van der Waals surface area contributed by atoms with E-state index in [1.54, 1.807) is 34.8 Å². The normalized spacial score (nSPS) is 14.1. The number of fused-ring (bicyclic) bond motifs is 2. The number of ether oxygens (including phenoxy) is 3. The van der Waals surface area contributed by atoms with Gasteiger partial charge in [0, 0.05) is 49.8 Å². The second-order valence-corrected chi connectivity index (χ2v) is 17.9. The van der Waals surface area contributed by atoms with E-state index in [0.717, 1.165) is 34.3 Å². The van der Waals surface area contributed by atoms with Gasteiger partial charge in [-0.1, -0.05) is 12.1 Å². The lowest BCUT2D eigenvalue weighted by Crippen LogP contribution is -2.38. The van der Waals surface area contributed by atoms with Gasteiger partial charge in [0.2, 0.25) is 11.9 Å². The first-order valence-electron chi connectivity index (χ1n) is 16.6. The highest BCUT2D eigenvalue weighted by Crippen LogP contribution is 2.34. The molecule has 5 heterocycles. The van der Waals surface area contributed by atoms with Gasteiger partial charge in [-0.15, -0.1) is 0 Å². The van der Waals surface area contributed by atoms with Crippen molar-refractivity contribution >= 4 is 38.6 Å². The summed E-state index contributed by atoms with van der Waals surface area (Å²) < 4.78 is 52.3. The Bertz CT molecular complexity index is 2140. The van der Waals surface area contributed by atoms with Crippen LogP contribution in [0.5, 0.6) is 5.75 Å². The molecule has 4 aromatic heterocycles. The van der Waals surface area contributed by atoms with Crippen LogP contribution in [-0.4, -0.2) is 103 Å². The Morgan fingerprint density at radius 3 is 2.43 bits per heavy atom. The van der Waals surface area contributed by atoms with E-state index in [9.17, 15) is 4.39 Å². The Balaban J connectivity index is 1.37. The third kappa shape index (κ3) is 7.48. The van der Waals surface area contributed by atoms with Crippen LogP contribution in [-0.2, 0) is 36.3 Å². The Hall–Kier alpha value is -4.80. The van der Waals surface area contributed by atoms with Gasteiger partial charge in [0.05, 0.1) is 51.4 Å². The number of morpholine rings is 1. The summed E-state index contributed by atoms with van der Waals surface area (Å²) in [5.41, 5.74) is 3.60. The number of aryl methyl sites for hydroxylation is 1. The molecule has 0 radical (unpaired) electrons. The summed E-state index contributed by atoms with van der Waals surface area (Å²) in [5, 5.41) is 9.16. The van der Waals surface area contributed by atoms with E-state index >= 15 is 4.39 Å². The Morgan fingerprint density at radius 2 is 1.73 bits per heavy atom. The van der Waals surface area contributed by atoms with E-state index in [4.69, 9.17) is 29.3 Å². The maximum atomic E-state index is 15.3. The van der Waals surface area contributed by atoms with Crippen LogP contribution in [0, 0.1) is 11.6 Å². The van der Waals surface area contributed by atoms with Crippen LogP contribution in [0.2, 0.25) is 0 Å². The van der Waals surface area contributed by atoms with Gasteiger partial charge in [0.25, 0.3) is 0 Å². The highest BCUT2D eigenvalue weighted by molar-refractivity contribution is 8.32. The fourth-order valence-electron chi connectivity index (χ4n) is 5.96. The molecule has 2 aromatic carbocycles. The summed E-state index contributed by atoms with van der Waals surface area (Å²) in [6.07, 6.45) is 12.1. The molecular formula is C35H42F2N10O3S. The third-order valence-electron chi connectivity index (χ3n) is 8.75. The highest BCUT2D eigenvalue weighted by atomic mass is 32.3. The number of benzene rings is 2. The molecule has 0 N–H and O–H groups in total. The predicted octanol–water partition coefficient (Wildman–Crippen LogP) is 4.87. The van der Waals surface area contributed by atoms with Crippen molar-refractivity contribution in [3.8, 4) is 16.9 Å². The first-order valence-corrected chi connectivity index (χ1v) is 19.6. The Kier molecular flexibility index (Phi) is 9.81. The van der Waals surface area contributed by atoms with Crippen molar-refractivity contribution in [3.05, 3.63) is 78.0 Å². The van der Waals surface area contributed by atoms with Gasteiger partial charge in [-0.05, 0) is 48.6 Å². The number of aromatic nitrogens is 8. The molecule has 0 aliphatic carbocycles. The number of rotatable bonds is 13.